The summed E-state index contributed by atoms with van der Waals surface area (Å²) >= 11 is 0. The molecule has 0 spiro atoms. The Labute approximate surface area is 165 Å². The molecule has 2 aromatic heterocycles. The van der Waals surface area contributed by atoms with Gasteiger partial charge in [-0.25, -0.2) is 9.97 Å². The summed E-state index contributed by atoms with van der Waals surface area (Å²) in [6, 6.07) is 17.4. The third-order valence-corrected chi connectivity index (χ3v) is 5.94. The smallest absolute Gasteiger partial charge is 0.180 e. The van der Waals surface area contributed by atoms with Gasteiger partial charge in [-0.3, -0.25) is 9.88 Å². The van der Waals surface area contributed by atoms with Crippen LogP contribution < -0.4 is 5.32 Å². The molecule has 142 valence electrons. The Morgan fingerprint density at radius 3 is 2.68 bits per heavy atom. The predicted octanol–water partition coefficient (Wildman–Crippen LogP) is 3.88. The van der Waals surface area contributed by atoms with Crippen LogP contribution in [-0.4, -0.2) is 39.5 Å². The number of anilines is 1. The molecular formula is C23H25N5. The second kappa shape index (κ2) is 7.32. The van der Waals surface area contributed by atoms with E-state index in [0.717, 1.165) is 49.6 Å². The second-order valence-electron chi connectivity index (χ2n) is 7.77. The van der Waals surface area contributed by atoms with Crippen molar-refractivity contribution in [2.75, 3.05) is 18.9 Å². The second-order valence-corrected chi connectivity index (χ2v) is 7.77. The highest BCUT2D eigenvalue weighted by Crippen LogP contribution is 2.35. The fourth-order valence-corrected chi connectivity index (χ4v) is 4.57. The largest absolute Gasteiger partial charge is 0.365 e. The summed E-state index contributed by atoms with van der Waals surface area (Å²) in [5.74, 6) is 1.73. The molecule has 0 unspecified atom stereocenters. The highest BCUT2D eigenvalue weighted by atomic mass is 15.2. The topological polar surface area (TPSA) is 53.9 Å². The van der Waals surface area contributed by atoms with E-state index >= 15 is 0 Å². The summed E-state index contributed by atoms with van der Waals surface area (Å²) in [6.07, 6.45) is 6.14. The van der Waals surface area contributed by atoms with Gasteiger partial charge in [-0.15, -0.1) is 0 Å². The Bertz CT molecular complexity index is 957. The van der Waals surface area contributed by atoms with Crippen molar-refractivity contribution >= 4 is 5.82 Å². The number of aromatic nitrogens is 3. The molecule has 5 nitrogen and oxygen atoms in total. The fraction of sp³-hybridized carbons (Fsp3) is 0.348. The molecule has 1 saturated heterocycles. The highest BCUT2D eigenvalue weighted by Gasteiger charge is 2.34. The normalized spacial score (nSPS) is 21.6. The molecule has 2 atom stereocenters. The maximum Gasteiger partial charge on any atom is 0.180 e. The number of aryl methyl sites for hydroxylation is 1. The number of benzene rings is 1. The summed E-state index contributed by atoms with van der Waals surface area (Å²) < 4.78 is 0. The van der Waals surface area contributed by atoms with Crippen molar-refractivity contribution in [1.82, 2.24) is 19.9 Å². The van der Waals surface area contributed by atoms with E-state index in [-0.39, 0.29) is 0 Å². The van der Waals surface area contributed by atoms with Gasteiger partial charge in [0.05, 0.1) is 6.04 Å². The molecule has 0 amide bonds. The lowest BCUT2D eigenvalue weighted by atomic mass is 10.00. The summed E-state index contributed by atoms with van der Waals surface area (Å²) in [5.41, 5.74) is 4.67. The molecule has 3 heterocycles. The predicted molar refractivity (Wildman–Crippen MR) is 111 cm³/mol. The fourth-order valence-electron chi connectivity index (χ4n) is 4.57. The van der Waals surface area contributed by atoms with E-state index in [9.17, 15) is 0 Å². The minimum Gasteiger partial charge on any atom is -0.365 e. The van der Waals surface area contributed by atoms with Crippen molar-refractivity contribution in [3.63, 3.8) is 0 Å². The highest BCUT2D eigenvalue weighted by molar-refractivity contribution is 5.58. The summed E-state index contributed by atoms with van der Waals surface area (Å²) in [5, 5.41) is 3.81. The van der Waals surface area contributed by atoms with Crippen LogP contribution in [0.5, 0.6) is 0 Å². The van der Waals surface area contributed by atoms with E-state index < -0.39 is 0 Å². The van der Waals surface area contributed by atoms with Crippen LogP contribution in [0.1, 0.15) is 35.7 Å². The third kappa shape index (κ3) is 3.16. The van der Waals surface area contributed by atoms with E-state index in [0.29, 0.717) is 12.1 Å². The first kappa shape index (κ1) is 17.3. The summed E-state index contributed by atoms with van der Waals surface area (Å²) in [7, 11) is 2.21. The van der Waals surface area contributed by atoms with Gasteiger partial charge in [-0.2, -0.15) is 0 Å². The zero-order chi connectivity index (χ0) is 18.9. The van der Waals surface area contributed by atoms with Crippen LogP contribution in [0.15, 0.2) is 54.7 Å². The minimum atomic E-state index is 0.337. The van der Waals surface area contributed by atoms with Crippen molar-refractivity contribution in [2.45, 2.75) is 37.8 Å². The first-order valence-electron chi connectivity index (χ1n) is 10.1. The third-order valence-electron chi connectivity index (χ3n) is 5.94. The van der Waals surface area contributed by atoms with Gasteiger partial charge in [0.2, 0.25) is 0 Å². The average molecular weight is 371 g/mol. The Morgan fingerprint density at radius 1 is 1.00 bits per heavy atom. The Hall–Kier alpha value is -2.79. The van der Waals surface area contributed by atoms with Crippen LogP contribution in [0.25, 0.3) is 11.5 Å². The van der Waals surface area contributed by atoms with Crippen LogP contribution in [0.3, 0.4) is 0 Å². The Kier molecular flexibility index (Phi) is 4.53. The Balaban J connectivity index is 1.50. The van der Waals surface area contributed by atoms with E-state index in [1.54, 1.807) is 6.20 Å². The lowest BCUT2D eigenvalue weighted by Gasteiger charge is -2.27. The van der Waals surface area contributed by atoms with Gasteiger partial charge in [0, 0.05) is 30.0 Å². The number of rotatable bonds is 4. The summed E-state index contributed by atoms with van der Waals surface area (Å²) in [6.45, 7) is 1.08. The van der Waals surface area contributed by atoms with Crippen LogP contribution >= 0.6 is 0 Å². The number of likely N-dealkylation sites (N-methyl/N-ethyl adjacent to an activating group) is 1. The number of fused-ring (bicyclic) bond motifs is 1. The number of hydrogen-bond donors (Lipinski definition) is 1. The monoisotopic (exact) mass is 371 g/mol. The molecule has 0 bridgehead atoms. The van der Waals surface area contributed by atoms with Gasteiger partial charge in [0.15, 0.2) is 5.82 Å². The van der Waals surface area contributed by atoms with Gasteiger partial charge in [-0.05, 0) is 50.4 Å². The number of nitrogens with zero attached hydrogens (tertiary/aromatic N) is 4. The number of nitrogens with one attached hydrogen (secondary N) is 1. The molecule has 5 heteroatoms. The minimum absolute atomic E-state index is 0.337. The molecule has 0 radical (unpaired) electrons. The molecule has 0 saturated carbocycles. The van der Waals surface area contributed by atoms with Crippen molar-refractivity contribution in [2.24, 2.45) is 0 Å². The van der Waals surface area contributed by atoms with E-state index in [1.807, 2.05) is 18.2 Å². The quantitative estimate of drug-likeness (QED) is 0.754. The van der Waals surface area contributed by atoms with Crippen molar-refractivity contribution in [3.8, 4) is 11.5 Å². The van der Waals surface area contributed by atoms with Gasteiger partial charge in [-0.1, -0.05) is 36.4 Å². The average Bonchev–Trinajstić information content (AvgIpc) is 3.36. The van der Waals surface area contributed by atoms with Crippen LogP contribution in [0.4, 0.5) is 5.82 Å². The van der Waals surface area contributed by atoms with Crippen molar-refractivity contribution in [3.05, 3.63) is 71.5 Å². The molecule has 5 rings (SSSR count). The van der Waals surface area contributed by atoms with Crippen LogP contribution in [-0.2, 0) is 12.8 Å². The number of likely N-dealkylation sites (tertiary alicyclic amines) is 1. The number of hydrogen-bond acceptors (Lipinski definition) is 5. The molecule has 1 N–H and O–H groups in total. The maximum absolute atomic E-state index is 4.93. The molecule has 2 aliphatic rings. The molecule has 1 fully saturated rings. The van der Waals surface area contributed by atoms with Gasteiger partial charge in [0.25, 0.3) is 0 Å². The lowest BCUT2D eigenvalue weighted by molar-refractivity contribution is 0.309. The lowest BCUT2D eigenvalue weighted by Crippen LogP contribution is -2.29. The van der Waals surface area contributed by atoms with Gasteiger partial charge < -0.3 is 5.32 Å². The SMILES string of the molecule is CN1CC[C@@H](Nc2nc(-c3ccccn3)nc3c2CCC3)[C@H]1c1ccccc1. The first-order valence-corrected chi connectivity index (χ1v) is 10.1. The molecule has 1 aliphatic heterocycles. The van der Waals surface area contributed by atoms with Crippen LogP contribution in [0.2, 0.25) is 0 Å². The Morgan fingerprint density at radius 2 is 1.86 bits per heavy atom. The number of pyridine rings is 1. The molecule has 1 aliphatic carbocycles. The van der Waals surface area contributed by atoms with Gasteiger partial charge >= 0.3 is 0 Å². The zero-order valence-electron chi connectivity index (χ0n) is 16.2. The van der Waals surface area contributed by atoms with Gasteiger partial charge in [0.1, 0.15) is 11.5 Å². The van der Waals surface area contributed by atoms with E-state index in [2.05, 4.69) is 52.6 Å². The molecule has 28 heavy (non-hydrogen) atoms. The molecular weight excluding hydrogens is 346 g/mol. The summed E-state index contributed by atoms with van der Waals surface area (Å²) in [4.78, 5) is 16.7. The van der Waals surface area contributed by atoms with E-state index in [4.69, 9.17) is 9.97 Å². The van der Waals surface area contributed by atoms with Crippen molar-refractivity contribution < 1.29 is 0 Å². The van der Waals surface area contributed by atoms with Crippen LogP contribution in [0, 0.1) is 0 Å². The molecule has 1 aromatic carbocycles. The first-order chi connectivity index (χ1) is 13.8. The van der Waals surface area contributed by atoms with Crippen molar-refractivity contribution in [1.29, 1.82) is 0 Å². The van der Waals surface area contributed by atoms with E-state index in [1.165, 1.54) is 16.8 Å². The maximum atomic E-state index is 4.93. The standard InChI is InChI=1S/C23H25N5/c1-28-15-13-19(21(28)16-8-3-2-4-9-16)26-22-17-10-7-12-18(17)25-23(27-22)20-11-5-6-14-24-20/h2-6,8-9,11,14,19,21H,7,10,12-13,15H2,1H3,(H,25,26,27)/t19-,21-/m1/s1. The zero-order valence-corrected chi connectivity index (χ0v) is 16.2. The molecule has 3 aromatic rings.